The van der Waals surface area contributed by atoms with Crippen LogP contribution in [0.3, 0.4) is 0 Å². The second-order valence-electron chi connectivity index (χ2n) is 2.75. The molecule has 0 spiro atoms. The first-order chi connectivity index (χ1) is 6.63. The SMILES string of the molecule is NC(=O)C(Cc1ccc(O)cc1)=NO. The maximum absolute atomic E-state index is 10.7. The summed E-state index contributed by atoms with van der Waals surface area (Å²) in [6, 6.07) is 6.18. The van der Waals surface area contributed by atoms with Crippen LogP contribution in [0.4, 0.5) is 0 Å². The predicted octanol–water partition coefficient (Wildman–Crippen LogP) is 0.250. The molecule has 1 amide bonds. The number of carbonyl (C=O) groups is 1. The minimum Gasteiger partial charge on any atom is -0.508 e. The van der Waals surface area contributed by atoms with Crippen molar-refractivity contribution in [2.24, 2.45) is 10.9 Å². The Kier molecular flexibility index (Phi) is 3.06. The molecule has 1 rings (SSSR count). The number of aromatic hydroxyl groups is 1. The van der Waals surface area contributed by atoms with E-state index in [4.69, 9.17) is 16.0 Å². The third-order valence-electron chi connectivity index (χ3n) is 1.71. The van der Waals surface area contributed by atoms with Crippen LogP contribution in [0.15, 0.2) is 29.4 Å². The van der Waals surface area contributed by atoms with Gasteiger partial charge in [0, 0.05) is 6.42 Å². The number of rotatable bonds is 3. The molecule has 1 aromatic rings. The van der Waals surface area contributed by atoms with Crippen molar-refractivity contribution < 1.29 is 15.1 Å². The van der Waals surface area contributed by atoms with Crippen molar-refractivity contribution in [1.82, 2.24) is 0 Å². The molecule has 0 aliphatic heterocycles. The molecule has 0 aliphatic carbocycles. The molecule has 1 aromatic carbocycles. The number of oxime groups is 1. The monoisotopic (exact) mass is 194 g/mol. The summed E-state index contributed by atoms with van der Waals surface area (Å²) < 4.78 is 0. The Bertz CT molecular complexity index is 357. The minimum absolute atomic E-state index is 0.115. The van der Waals surface area contributed by atoms with E-state index >= 15 is 0 Å². The Hall–Kier alpha value is -2.04. The summed E-state index contributed by atoms with van der Waals surface area (Å²) in [4.78, 5) is 10.7. The van der Waals surface area contributed by atoms with E-state index in [1.807, 2.05) is 0 Å². The Morgan fingerprint density at radius 3 is 2.36 bits per heavy atom. The number of hydrogen-bond acceptors (Lipinski definition) is 4. The van der Waals surface area contributed by atoms with Crippen molar-refractivity contribution in [3.8, 4) is 5.75 Å². The Morgan fingerprint density at radius 2 is 1.93 bits per heavy atom. The van der Waals surface area contributed by atoms with Crippen molar-refractivity contribution in [3.05, 3.63) is 29.8 Å². The molecule has 0 heterocycles. The number of hydrogen-bond donors (Lipinski definition) is 3. The highest BCUT2D eigenvalue weighted by molar-refractivity contribution is 6.38. The third-order valence-corrected chi connectivity index (χ3v) is 1.71. The van der Waals surface area contributed by atoms with E-state index in [0.717, 1.165) is 5.56 Å². The van der Waals surface area contributed by atoms with Gasteiger partial charge in [0.1, 0.15) is 11.5 Å². The smallest absolute Gasteiger partial charge is 0.266 e. The van der Waals surface area contributed by atoms with E-state index in [2.05, 4.69) is 5.16 Å². The van der Waals surface area contributed by atoms with Gasteiger partial charge < -0.3 is 16.0 Å². The lowest BCUT2D eigenvalue weighted by molar-refractivity contribution is -0.112. The van der Waals surface area contributed by atoms with Crippen LogP contribution >= 0.6 is 0 Å². The van der Waals surface area contributed by atoms with Gasteiger partial charge in [0.05, 0.1) is 0 Å². The van der Waals surface area contributed by atoms with Crippen LogP contribution in [0.25, 0.3) is 0 Å². The highest BCUT2D eigenvalue weighted by atomic mass is 16.4. The quantitative estimate of drug-likeness (QED) is 0.365. The fourth-order valence-electron chi connectivity index (χ4n) is 0.979. The van der Waals surface area contributed by atoms with Gasteiger partial charge in [-0.05, 0) is 17.7 Å². The van der Waals surface area contributed by atoms with E-state index in [9.17, 15) is 4.79 Å². The molecular weight excluding hydrogens is 184 g/mol. The van der Waals surface area contributed by atoms with Crippen LogP contribution in [0.1, 0.15) is 5.56 Å². The molecule has 0 aliphatic rings. The van der Waals surface area contributed by atoms with Crippen molar-refractivity contribution in [3.63, 3.8) is 0 Å². The number of benzene rings is 1. The van der Waals surface area contributed by atoms with E-state index in [0.29, 0.717) is 0 Å². The van der Waals surface area contributed by atoms with Crippen molar-refractivity contribution >= 4 is 11.6 Å². The molecule has 4 N–H and O–H groups in total. The standard InChI is InChI=1S/C9H10N2O3/c10-9(13)8(11-14)5-6-1-3-7(12)4-2-6/h1-4,12,14H,5H2,(H2,10,13). The summed E-state index contributed by atoms with van der Waals surface area (Å²) in [6.07, 6.45) is 0.145. The average molecular weight is 194 g/mol. The largest absolute Gasteiger partial charge is 0.508 e. The van der Waals surface area contributed by atoms with Gasteiger partial charge in [-0.15, -0.1) is 0 Å². The number of nitrogens with two attached hydrogens (primary N) is 1. The summed E-state index contributed by atoms with van der Waals surface area (Å²) in [6.45, 7) is 0. The second kappa shape index (κ2) is 4.27. The third kappa shape index (κ3) is 2.48. The average Bonchev–Trinajstić information content (AvgIpc) is 2.16. The van der Waals surface area contributed by atoms with Gasteiger partial charge in [-0.2, -0.15) is 0 Å². The summed E-state index contributed by atoms with van der Waals surface area (Å²) in [5.74, 6) is -0.629. The molecule has 5 nitrogen and oxygen atoms in total. The van der Waals surface area contributed by atoms with Gasteiger partial charge in [-0.25, -0.2) is 0 Å². The van der Waals surface area contributed by atoms with E-state index in [-0.39, 0.29) is 17.9 Å². The first-order valence-electron chi connectivity index (χ1n) is 3.92. The fraction of sp³-hybridized carbons (Fsp3) is 0.111. The van der Waals surface area contributed by atoms with Gasteiger partial charge in [-0.3, -0.25) is 4.79 Å². The molecule has 0 fully saturated rings. The van der Waals surface area contributed by atoms with Gasteiger partial charge in [0.15, 0.2) is 0 Å². The van der Waals surface area contributed by atoms with Crippen LogP contribution < -0.4 is 5.73 Å². The summed E-state index contributed by atoms with van der Waals surface area (Å²) in [5.41, 5.74) is 5.56. The van der Waals surface area contributed by atoms with Gasteiger partial charge in [-0.1, -0.05) is 17.3 Å². The van der Waals surface area contributed by atoms with Gasteiger partial charge >= 0.3 is 0 Å². The molecule has 0 saturated heterocycles. The zero-order valence-corrected chi connectivity index (χ0v) is 7.34. The van der Waals surface area contributed by atoms with Crippen LogP contribution in [0.2, 0.25) is 0 Å². The molecule has 74 valence electrons. The van der Waals surface area contributed by atoms with Crippen LogP contribution in [-0.4, -0.2) is 21.9 Å². The molecular formula is C9H10N2O3. The first kappa shape index (κ1) is 10.0. The molecule has 0 bridgehead atoms. The fourth-order valence-corrected chi connectivity index (χ4v) is 0.979. The van der Waals surface area contributed by atoms with Crippen molar-refractivity contribution in [2.45, 2.75) is 6.42 Å². The van der Waals surface area contributed by atoms with E-state index in [1.165, 1.54) is 12.1 Å². The number of phenols is 1. The summed E-state index contributed by atoms with van der Waals surface area (Å²) in [5, 5.41) is 20.2. The van der Waals surface area contributed by atoms with Crippen LogP contribution in [0, 0.1) is 0 Å². The van der Waals surface area contributed by atoms with Gasteiger partial charge in [0.25, 0.3) is 5.91 Å². The maximum Gasteiger partial charge on any atom is 0.266 e. The van der Waals surface area contributed by atoms with E-state index in [1.54, 1.807) is 12.1 Å². The summed E-state index contributed by atoms with van der Waals surface area (Å²) in [7, 11) is 0. The molecule has 0 radical (unpaired) electrons. The highest BCUT2D eigenvalue weighted by Crippen LogP contribution is 2.10. The highest BCUT2D eigenvalue weighted by Gasteiger charge is 2.08. The number of carbonyl (C=O) groups excluding carboxylic acids is 1. The number of primary amides is 1. The van der Waals surface area contributed by atoms with Crippen molar-refractivity contribution in [2.75, 3.05) is 0 Å². The lowest BCUT2D eigenvalue weighted by Crippen LogP contribution is -2.25. The summed E-state index contributed by atoms with van der Waals surface area (Å²) >= 11 is 0. The lowest BCUT2D eigenvalue weighted by atomic mass is 10.1. The Labute approximate surface area is 80.5 Å². The normalized spacial score (nSPS) is 11.3. The lowest BCUT2D eigenvalue weighted by Gasteiger charge is -2.00. The zero-order valence-electron chi connectivity index (χ0n) is 7.34. The molecule has 0 unspecified atom stereocenters. The maximum atomic E-state index is 10.7. The number of amides is 1. The van der Waals surface area contributed by atoms with Crippen LogP contribution in [0.5, 0.6) is 5.75 Å². The topological polar surface area (TPSA) is 95.9 Å². The molecule has 0 atom stereocenters. The van der Waals surface area contributed by atoms with E-state index < -0.39 is 5.91 Å². The van der Waals surface area contributed by atoms with Gasteiger partial charge in [0.2, 0.25) is 0 Å². The molecule has 0 aromatic heterocycles. The predicted molar refractivity (Wildman–Crippen MR) is 50.2 cm³/mol. The first-order valence-corrected chi connectivity index (χ1v) is 3.92. The molecule has 5 heteroatoms. The van der Waals surface area contributed by atoms with Crippen molar-refractivity contribution in [1.29, 1.82) is 0 Å². The zero-order chi connectivity index (χ0) is 10.6. The van der Waals surface area contributed by atoms with Crippen LogP contribution in [-0.2, 0) is 11.2 Å². The Morgan fingerprint density at radius 1 is 1.36 bits per heavy atom. The Balaban J connectivity index is 2.78. The number of nitrogens with zero attached hydrogens (tertiary/aromatic N) is 1. The minimum atomic E-state index is -0.763. The molecule has 0 saturated carbocycles. The molecule has 14 heavy (non-hydrogen) atoms. The second-order valence-corrected chi connectivity index (χ2v) is 2.75. The number of phenolic OH excluding ortho intramolecular Hbond substituents is 1.